The van der Waals surface area contributed by atoms with Gasteiger partial charge in [0, 0.05) is 17.6 Å². The van der Waals surface area contributed by atoms with Crippen LogP contribution in [0.3, 0.4) is 0 Å². The quantitative estimate of drug-likeness (QED) is 0.741. The maximum absolute atomic E-state index is 4.63. The summed E-state index contributed by atoms with van der Waals surface area (Å²) in [5, 5.41) is 9.26. The lowest BCUT2D eigenvalue weighted by molar-refractivity contribution is 0.393. The van der Waals surface area contributed by atoms with Gasteiger partial charge < -0.3 is 0 Å². The first-order valence-electron chi connectivity index (χ1n) is 7.02. The van der Waals surface area contributed by atoms with Crippen LogP contribution < -0.4 is 0 Å². The molecule has 0 N–H and O–H groups in total. The Morgan fingerprint density at radius 1 is 0.857 bits per heavy atom. The van der Waals surface area contributed by atoms with E-state index in [0.717, 1.165) is 28.5 Å². The van der Waals surface area contributed by atoms with Gasteiger partial charge in [0.25, 0.3) is 0 Å². The number of nitrogens with zero attached hydrogens (tertiary/aromatic N) is 5. The summed E-state index contributed by atoms with van der Waals surface area (Å²) in [6, 6.07) is 10.1. The van der Waals surface area contributed by atoms with Gasteiger partial charge in [0.1, 0.15) is 0 Å². The summed E-state index contributed by atoms with van der Waals surface area (Å²) in [5.74, 6) is 0. The molecule has 5 heteroatoms. The molecule has 0 saturated carbocycles. The first-order valence-corrected chi connectivity index (χ1v) is 7.02. The lowest BCUT2D eigenvalue weighted by Gasteiger charge is -2.21. The number of aromatic nitrogens is 5. The van der Waals surface area contributed by atoms with E-state index in [2.05, 4.69) is 41.2 Å². The third kappa shape index (κ3) is 2.46. The van der Waals surface area contributed by atoms with Crippen LogP contribution in [0.15, 0.2) is 36.5 Å². The molecule has 3 aromatic rings. The topological polar surface area (TPSA) is 48.5 Å². The summed E-state index contributed by atoms with van der Waals surface area (Å²) < 4.78 is 3.97. The van der Waals surface area contributed by atoms with Crippen LogP contribution >= 0.6 is 0 Å². The number of hydrogen-bond acceptors (Lipinski definition) is 3. The predicted octanol–water partition coefficient (Wildman–Crippen LogP) is 2.80. The summed E-state index contributed by atoms with van der Waals surface area (Å²) in [6.07, 6.45) is 1.65. The Morgan fingerprint density at radius 2 is 1.43 bits per heavy atom. The van der Waals surface area contributed by atoms with Gasteiger partial charge in [-0.2, -0.15) is 10.2 Å². The highest BCUT2D eigenvalue weighted by Gasteiger charge is 2.22. The SMILES string of the molecule is Cc1cc(C)n(C(c2ccccn2)n2nc(C)cc2C)n1. The molecule has 0 aliphatic rings. The molecular weight excluding hydrogens is 262 g/mol. The molecule has 0 amide bonds. The molecule has 0 aliphatic heterocycles. The fraction of sp³-hybridized carbons (Fsp3) is 0.312. The van der Waals surface area contributed by atoms with Crippen molar-refractivity contribution in [1.82, 2.24) is 24.5 Å². The third-order valence-electron chi connectivity index (χ3n) is 3.50. The molecule has 0 aromatic carbocycles. The van der Waals surface area contributed by atoms with Crippen LogP contribution in [-0.4, -0.2) is 24.5 Å². The largest absolute Gasteiger partial charge is 0.257 e. The Morgan fingerprint density at radius 3 is 1.81 bits per heavy atom. The Hall–Kier alpha value is -2.43. The Bertz CT molecular complexity index is 708. The second-order valence-electron chi connectivity index (χ2n) is 5.37. The van der Waals surface area contributed by atoms with E-state index in [1.807, 2.05) is 41.4 Å². The highest BCUT2D eigenvalue weighted by Crippen LogP contribution is 2.22. The van der Waals surface area contributed by atoms with Gasteiger partial charge in [0.05, 0.1) is 17.1 Å². The second kappa shape index (κ2) is 5.16. The molecule has 108 valence electrons. The summed E-state index contributed by atoms with van der Waals surface area (Å²) >= 11 is 0. The molecule has 0 radical (unpaired) electrons. The van der Waals surface area contributed by atoms with Crippen LogP contribution in [0.25, 0.3) is 0 Å². The van der Waals surface area contributed by atoms with Crippen molar-refractivity contribution in [1.29, 1.82) is 0 Å². The zero-order valence-electron chi connectivity index (χ0n) is 12.8. The molecule has 0 aliphatic carbocycles. The van der Waals surface area contributed by atoms with E-state index < -0.39 is 0 Å². The summed E-state index contributed by atoms with van der Waals surface area (Å²) in [4.78, 5) is 4.51. The fourth-order valence-corrected chi connectivity index (χ4v) is 2.67. The highest BCUT2D eigenvalue weighted by molar-refractivity contribution is 5.18. The number of hydrogen-bond donors (Lipinski definition) is 0. The number of pyridine rings is 1. The molecular formula is C16H19N5. The molecule has 0 atom stereocenters. The van der Waals surface area contributed by atoms with E-state index in [-0.39, 0.29) is 6.17 Å². The van der Waals surface area contributed by atoms with Crippen LogP contribution in [0.5, 0.6) is 0 Å². The van der Waals surface area contributed by atoms with Gasteiger partial charge in [0.15, 0.2) is 6.17 Å². The molecule has 3 aromatic heterocycles. The van der Waals surface area contributed by atoms with E-state index in [4.69, 9.17) is 0 Å². The highest BCUT2D eigenvalue weighted by atomic mass is 15.5. The van der Waals surface area contributed by atoms with E-state index in [9.17, 15) is 0 Å². The van der Waals surface area contributed by atoms with Crippen molar-refractivity contribution in [3.63, 3.8) is 0 Å². The van der Waals surface area contributed by atoms with Gasteiger partial charge >= 0.3 is 0 Å². The van der Waals surface area contributed by atoms with Crippen molar-refractivity contribution < 1.29 is 0 Å². The predicted molar refractivity (Wildman–Crippen MR) is 81.2 cm³/mol. The van der Waals surface area contributed by atoms with Crippen molar-refractivity contribution in [2.75, 3.05) is 0 Å². The maximum atomic E-state index is 4.63. The van der Waals surface area contributed by atoms with Crippen molar-refractivity contribution in [2.24, 2.45) is 0 Å². The molecule has 0 unspecified atom stereocenters. The third-order valence-corrected chi connectivity index (χ3v) is 3.50. The molecule has 0 spiro atoms. The van der Waals surface area contributed by atoms with Gasteiger partial charge in [0.2, 0.25) is 0 Å². The standard InChI is InChI=1S/C16H19N5/c1-11-9-13(3)20(18-11)16(15-7-5-6-8-17-15)21-14(4)10-12(2)19-21/h5-10,16H,1-4H3. The van der Waals surface area contributed by atoms with Gasteiger partial charge in [-0.3, -0.25) is 4.98 Å². The smallest absolute Gasteiger partial charge is 0.185 e. The number of aryl methyl sites for hydroxylation is 4. The maximum Gasteiger partial charge on any atom is 0.185 e. The van der Waals surface area contributed by atoms with E-state index in [1.54, 1.807) is 6.20 Å². The average molecular weight is 281 g/mol. The zero-order valence-corrected chi connectivity index (χ0v) is 12.8. The summed E-state index contributed by atoms with van der Waals surface area (Å²) in [7, 11) is 0. The minimum atomic E-state index is -0.159. The van der Waals surface area contributed by atoms with E-state index >= 15 is 0 Å². The van der Waals surface area contributed by atoms with E-state index in [0.29, 0.717) is 0 Å². The molecule has 5 nitrogen and oxygen atoms in total. The van der Waals surface area contributed by atoms with Crippen molar-refractivity contribution in [3.05, 3.63) is 65.0 Å². The van der Waals surface area contributed by atoms with Gasteiger partial charge in [-0.15, -0.1) is 0 Å². The van der Waals surface area contributed by atoms with Gasteiger partial charge in [-0.05, 0) is 52.0 Å². The molecule has 3 heterocycles. The van der Waals surface area contributed by atoms with Crippen LogP contribution in [-0.2, 0) is 0 Å². The first kappa shape index (κ1) is 13.5. The second-order valence-corrected chi connectivity index (χ2v) is 5.37. The fourth-order valence-electron chi connectivity index (χ4n) is 2.67. The summed E-state index contributed by atoms with van der Waals surface area (Å²) in [5.41, 5.74) is 5.10. The number of rotatable bonds is 3. The molecule has 3 rings (SSSR count). The molecule has 0 fully saturated rings. The zero-order chi connectivity index (χ0) is 15.0. The Kier molecular flexibility index (Phi) is 3.33. The van der Waals surface area contributed by atoms with Crippen LogP contribution in [0.1, 0.15) is 34.6 Å². The molecule has 0 bridgehead atoms. The van der Waals surface area contributed by atoms with Crippen LogP contribution in [0.2, 0.25) is 0 Å². The lowest BCUT2D eigenvalue weighted by Crippen LogP contribution is -2.24. The minimum absolute atomic E-state index is 0.159. The monoisotopic (exact) mass is 281 g/mol. The van der Waals surface area contributed by atoms with Crippen molar-refractivity contribution >= 4 is 0 Å². The van der Waals surface area contributed by atoms with E-state index in [1.165, 1.54) is 0 Å². The van der Waals surface area contributed by atoms with Crippen molar-refractivity contribution in [3.8, 4) is 0 Å². The molecule has 0 saturated heterocycles. The van der Waals surface area contributed by atoms with Crippen LogP contribution in [0.4, 0.5) is 0 Å². The Labute approximate surface area is 124 Å². The van der Waals surface area contributed by atoms with Gasteiger partial charge in [-0.25, -0.2) is 9.36 Å². The average Bonchev–Trinajstić information content (AvgIpc) is 2.94. The first-order chi connectivity index (χ1) is 10.1. The minimum Gasteiger partial charge on any atom is -0.257 e. The normalized spacial score (nSPS) is 11.3. The lowest BCUT2D eigenvalue weighted by atomic mass is 10.2. The summed E-state index contributed by atoms with van der Waals surface area (Å²) in [6.45, 7) is 8.11. The Balaban J connectivity index is 2.21. The van der Waals surface area contributed by atoms with Crippen LogP contribution in [0, 0.1) is 27.7 Å². The molecule has 21 heavy (non-hydrogen) atoms. The van der Waals surface area contributed by atoms with Gasteiger partial charge in [-0.1, -0.05) is 6.07 Å². The van der Waals surface area contributed by atoms with Crippen molar-refractivity contribution in [2.45, 2.75) is 33.9 Å².